The summed E-state index contributed by atoms with van der Waals surface area (Å²) < 4.78 is 13.9. The molecule has 158 valence electrons. The summed E-state index contributed by atoms with van der Waals surface area (Å²) >= 11 is 6.82. The monoisotopic (exact) mass is 734 g/mol. The van der Waals surface area contributed by atoms with Crippen LogP contribution in [0.25, 0.3) is 0 Å². The fourth-order valence-electron chi connectivity index (χ4n) is 2.97. The first-order valence-electron chi connectivity index (χ1n) is 9.05. The number of amides is 1. The predicted octanol–water partition coefficient (Wildman–Crippen LogP) is 4.35. The minimum atomic E-state index is -0.231. The van der Waals surface area contributed by atoms with Gasteiger partial charge < -0.3 is 14.8 Å². The number of carbonyl (C=O) groups is 1. The van der Waals surface area contributed by atoms with Crippen LogP contribution in [0, 0.1) is 10.7 Å². The van der Waals surface area contributed by atoms with Gasteiger partial charge in [0.15, 0.2) is 0 Å². The van der Waals surface area contributed by atoms with E-state index in [1.807, 2.05) is 31.1 Å². The van der Waals surface area contributed by atoms with E-state index in [1.54, 1.807) is 14.2 Å². The van der Waals surface area contributed by atoms with Gasteiger partial charge in [-0.1, -0.05) is 6.07 Å². The molecule has 0 radical (unpaired) electrons. The highest BCUT2D eigenvalue weighted by molar-refractivity contribution is 14.1. The van der Waals surface area contributed by atoms with E-state index >= 15 is 0 Å². The summed E-state index contributed by atoms with van der Waals surface area (Å²) in [6, 6.07) is 10.0. The van der Waals surface area contributed by atoms with E-state index in [4.69, 9.17) is 9.47 Å². The molecule has 1 atom stereocenters. The first-order valence-corrected chi connectivity index (χ1v) is 12.3. The zero-order valence-corrected chi connectivity index (χ0v) is 23.4. The molecule has 0 aliphatic rings. The van der Waals surface area contributed by atoms with Gasteiger partial charge in [-0.2, -0.15) is 0 Å². The van der Waals surface area contributed by atoms with Gasteiger partial charge in [-0.25, -0.2) is 0 Å². The van der Waals surface area contributed by atoms with Crippen LogP contribution in [0.4, 0.5) is 0 Å². The van der Waals surface area contributed by atoms with E-state index in [0.29, 0.717) is 13.0 Å². The summed E-state index contributed by atoms with van der Waals surface area (Å²) in [6.45, 7) is 0.600. The van der Waals surface area contributed by atoms with Crippen molar-refractivity contribution >= 4 is 73.7 Å². The van der Waals surface area contributed by atoms with Gasteiger partial charge in [-0.05, 0) is 130 Å². The molecule has 0 fully saturated rings. The van der Waals surface area contributed by atoms with Crippen molar-refractivity contribution in [3.8, 4) is 11.5 Å². The number of ether oxygens (including phenoxy) is 2. The third kappa shape index (κ3) is 7.10. The first kappa shape index (κ1) is 24.9. The Morgan fingerprint density at radius 2 is 1.62 bits per heavy atom. The van der Waals surface area contributed by atoms with Crippen LogP contribution in [0.5, 0.6) is 11.5 Å². The van der Waals surface area contributed by atoms with E-state index in [2.05, 4.69) is 91.3 Å². The minimum Gasteiger partial charge on any atom is -0.496 e. The number of methoxy groups -OCH3 is 2. The van der Waals surface area contributed by atoms with Crippen molar-refractivity contribution in [1.82, 2.24) is 10.2 Å². The zero-order valence-electron chi connectivity index (χ0n) is 16.9. The third-order valence-electron chi connectivity index (χ3n) is 4.55. The lowest BCUT2D eigenvalue weighted by molar-refractivity contribution is -0.125. The Kier molecular flexibility index (Phi) is 10.2. The van der Waals surface area contributed by atoms with E-state index in [1.165, 1.54) is 5.56 Å². The van der Waals surface area contributed by atoms with Crippen LogP contribution in [0.15, 0.2) is 30.3 Å². The molecule has 0 spiro atoms. The number of rotatable bonds is 9. The molecule has 29 heavy (non-hydrogen) atoms. The Morgan fingerprint density at radius 3 is 2.14 bits per heavy atom. The lowest BCUT2D eigenvalue weighted by atomic mass is 10.0. The van der Waals surface area contributed by atoms with Crippen molar-refractivity contribution in [2.24, 2.45) is 0 Å². The first-order chi connectivity index (χ1) is 13.8. The number of likely N-dealkylation sites (N-methyl/N-ethyl adjacent to an activating group) is 1. The number of carbonyl (C=O) groups excluding carboxylic acids is 1. The normalized spacial score (nSPS) is 12.0. The Morgan fingerprint density at radius 1 is 1.00 bits per heavy atom. The number of benzene rings is 2. The van der Waals surface area contributed by atoms with Gasteiger partial charge in [0, 0.05) is 6.54 Å². The average molecular weight is 734 g/mol. The summed E-state index contributed by atoms with van der Waals surface area (Å²) in [4.78, 5) is 14.8. The molecule has 2 rings (SSSR count). The molecule has 0 saturated carbocycles. The lowest BCUT2D eigenvalue weighted by Crippen LogP contribution is -2.45. The molecule has 0 bridgehead atoms. The summed E-state index contributed by atoms with van der Waals surface area (Å²) in [6.07, 6.45) is 1.43. The maximum atomic E-state index is 12.8. The topological polar surface area (TPSA) is 50.8 Å². The summed E-state index contributed by atoms with van der Waals surface area (Å²) in [5.74, 6) is 1.80. The number of nitrogens with zero attached hydrogens (tertiary/aromatic N) is 1. The molecule has 0 saturated heterocycles. The van der Waals surface area contributed by atoms with Gasteiger partial charge in [0.1, 0.15) is 11.5 Å². The Hall–Kier alpha value is -0.340. The van der Waals surface area contributed by atoms with Crippen molar-refractivity contribution < 1.29 is 14.3 Å². The molecule has 0 unspecified atom stereocenters. The summed E-state index contributed by atoms with van der Waals surface area (Å²) in [5, 5.41) is 3.09. The smallest absolute Gasteiger partial charge is 0.237 e. The third-order valence-corrected chi connectivity index (χ3v) is 6.99. The molecule has 0 aliphatic heterocycles. The van der Waals surface area contributed by atoms with Crippen LogP contribution in [0.1, 0.15) is 11.1 Å². The Labute approximate surface area is 213 Å². The van der Waals surface area contributed by atoms with Gasteiger partial charge in [0.2, 0.25) is 5.91 Å². The average Bonchev–Trinajstić information content (AvgIpc) is 2.65. The maximum Gasteiger partial charge on any atom is 0.237 e. The summed E-state index contributed by atoms with van der Waals surface area (Å²) in [7, 11) is 7.23. The van der Waals surface area contributed by atoms with Crippen molar-refractivity contribution in [2.45, 2.75) is 18.9 Å². The van der Waals surface area contributed by atoms with Crippen molar-refractivity contribution in [3.05, 3.63) is 52.2 Å². The molecule has 1 amide bonds. The Balaban J connectivity index is 2.00. The molecular weight excluding hydrogens is 709 g/mol. The lowest BCUT2D eigenvalue weighted by Gasteiger charge is -2.24. The van der Waals surface area contributed by atoms with Crippen LogP contribution in [0.2, 0.25) is 0 Å². The van der Waals surface area contributed by atoms with Crippen molar-refractivity contribution in [2.75, 3.05) is 34.9 Å². The number of hydrogen-bond acceptors (Lipinski definition) is 4. The molecule has 0 heterocycles. The van der Waals surface area contributed by atoms with E-state index in [0.717, 1.165) is 34.2 Å². The van der Waals surface area contributed by atoms with Crippen LogP contribution in [0.3, 0.4) is 0 Å². The molecule has 0 aliphatic carbocycles. The second-order valence-corrected chi connectivity index (χ2v) is 10.3. The molecule has 2 aromatic rings. The second kappa shape index (κ2) is 11.9. The van der Waals surface area contributed by atoms with Gasteiger partial charge in [-0.15, -0.1) is 0 Å². The zero-order chi connectivity index (χ0) is 21.6. The van der Waals surface area contributed by atoms with Crippen LogP contribution in [-0.2, 0) is 17.6 Å². The minimum absolute atomic E-state index is 0.0408. The second-order valence-electron chi connectivity index (χ2n) is 6.79. The van der Waals surface area contributed by atoms with Gasteiger partial charge >= 0.3 is 0 Å². The highest BCUT2D eigenvalue weighted by Gasteiger charge is 2.22. The largest absolute Gasteiger partial charge is 0.496 e. The SMILES string of the molecule is COc1ccc(CCNC(=O)[C@H](Cc2cc(I)c(OC)c(I)c2)N(C)C)cc1I. The highest BCUT2D eigenvalue weighted by Crippen LogP contribution is 2.29. The van der Waals surface area contributed by atoms with Crippen LogP contribution in [-0.4, -0.2) is 51.7 Å². The fraction of sp³-hybridized carbons (Fsp3) is 0.381. The van der Waals surface area contributed by atoms with Gasteiger partial charge in [-0.3, -0.25) is 9.69 Å². The molecular formula is C21H25I3N2O3. The number of hydrogen-bond donors (Lipinski definition) is 1. The predicted molar refractivity (Wildman–Crippen MR) is 142 cm³/mol. The molecule has 2 aromatic carbocycles. The van der Waals surface area contributed by atoms with E-state index in [-0.39, 0.29) is 11.9 Å². The molecule has 1 N–H and O–H groups in total. The van der Waals surface area contributed by atoms with Gasteiger partial charge in [0.25, 0.3) is 0 Å². The van der Waals surface area contributed by atoms with Crippen LogP contribution < -0.4 is 14.8 Å². The Bertz CT molecular complexity index is 836. The maximum absolute atomic E-state index is 12.8. The summed E-state index contributed by atoms with van der Waals surface area (Å²) in [5.41, 5.74) is 2.30. The van der Waals surface area contributed by atoms with Crippen molar-refractivity contribution in [3.63, 3.8) is 0 Å². The van der Waals surface area contributed by atoms with E-state index < -0.39 is 0 Å². The number of nitrogens with one attached hydrogen (secondary N) is 1. The standard InChI is InChI=1S/C21H25I3N2O3/c1-26(2)18(12-14-10-16(23)20(29-4)17(24)11-14)21(27)25-8-7-13-5-6-19(28-3)15(22)9-13/h5-6,9-11,18H,7-8,12H2,1-4H3,(H,25,27)/t18-/m0/s1. The highest BCUT2D eigenvalue weighted by atomic mass is 127. The fourth-order valence-corrected chi connectivity index (χ4v) is 6.11. The molecule has 0 aromatic heterocycles. The van der Waals surface area contributed by atoms with E-state index in [9.17, 15) is 4.79 Å². The molecule has 8 heteroatoms. The van der Waals surface area contributed by atoms with Crippen LogP contribution >= 0.6 is 67.8 Å². The quantitative estimate of drug-likeness (QED) is 0.390. The number of halogens is 3. The van der Waals surface area contributed by atoms with Crippen molar-refractivity contribution in [1.29, 1.82) is 0 Å². The van der Waals surface area contributed by atoms with Gasteiger partial charge in [0.05, 0.1) is 31.0 Å². The molecule has 5 nitrogen and oxygen atoms in total.